The molecule has 28 heavy (non-hydrogen) atoms. The number of nitrogens with zero attached hydrogens (tertiary/aromatic N) is 5. The van der Waals surface area contributed by atoms with E-state index >= 15 is 0 Å². The molecular formula is C18H16N6O4. The quantitative estimate of drug-likeness (QED) is 0.380. The Hall–Kier alpha value is -4.08. The number of hydrazone groups is 1. The van der Waals surface area contributed by atoms with Crippen LogP contribution in [0.5, 0.6) is 5.75 Å². The highest BCUT2D eigenvalue weighted by atomic mass is 16.6. The third kappa shape index (κ3) is 4.55. The van der Waals surface area contributed by atoms with Crippen LogP contribution in [0.1, 0.15) is 21.5 Å². The van der Waals surface area contributed by atoms with Gasteiger partial charge in [-0.1, -0.05) is 0 Å². The molecule has 2 heterocycles. The summed E-state index contributed by atoms with van der Waals surface area (Å²) < 4.78 is 6.78. The molecule has 0 unspecified atom stereocenters. The van der Waals surface area contributed by atoms with Gasteiger partial charge in [-0.05, 0) is 35.9 Å². The highest BCUT2D eigenvalue weighted by Gasteiger charge is 2.11. The lowest BCUT2D eigenvalue weighted by Gasteiger charge is -2.09. The van der Waals surface area contributed by atoms with Gasteiger partial charge in [-0.25, -0.2) is 5.43 Å². The number of benzene rings is 1. The monoisotopic (exact) mass is 380 g/mol. The van der Waals surface area contributed by atoms with E-state index in [0.717, 1.165) is 5.56 Å². The second kappa shape index (κ2) is 8.54. The van der Waals surface area contributed by atoms with E-state index in [1.807, 2.05) is 0 Å². The number of hydrogen-bond donors (Lipinski definition) is 1. The van der Waals surface area contributed by atoms with Gasteiger partial charge in [-0.15, -0.1) is 0 Å². The lowest BCUT2D eigenvalue weighted by atomic mass is 10.1. The van der Waals surface area contributed by atoms with Crippen LogP contribution in [0.4, 0.5) is 5.69 Å². The van der Waals surface area contributed by atoms with Crippen molar-refractivity contribution in [3.63, 3.8) is 0 Å². The van der Waals surface area contributed by atoms with Crippen molar-refractivity contribution in [3.8, 4) is 5.75 Å². The molecule has 0 fully saturated rings. The third-order valence-electron chi connectivity index (χ3n) is 3.77. The van der Waals surface area contributed by atoms with Crippen molar-refractivity contribution in [1.29, 1.82) is 0 Å². The van der Waals surface area contributed by atoms with E-state index < -0.39 is 4.92 Å². The van der Waals surface area contributed by atoms with Crippen LogP contribution < -0.4 is 10.2 Å². The van der Waals surface area contributed by atoms with Crippen LogP contribution in [-0.4, -0.2) is 38.9 Å². The minimum absolute atomic E-state index is 0.0881. The molecule has 0 saturated heterocycles. The molecule has 1 aromatic carbocycles. The number of hydrogen-bond acceptors (Lipinski definition) is 7. The zero-order valence-corrected chi connectivity index (χ0v) is 14.8. The highest BCUT2D eigenvalue weighted by Crippen LogP contribution is 2.21. The average molecular weight is 380 g/mol. The van der Waals surface area contributed by atoms with Crippen molar-refractivity contribution in [2.75, 3.05) is 7.11 Å². The molecule has 1 amide bonds. The van der Waals surface area contributed by atoms with Gasteiger partial charge in [0.25, 0.3) is 5.91 Å². The molecule has 3 rings (SSSR count). The first-order chi connectivity index (χ1) is 13.6. The molecule has 0 radical (unpaired) electrons. The van der Waals surface area contributed by atoms with Crippen molar-refractivity contribution in [1.82, 2.24) is 20.2 Å². The van der Waals surface area contributed by atoms with Gasteiger partial charge in [0.1, 0.15) is 18.1 Å². The second-order valence-electron chi connectivity index (χ2n) is 5.67. The fourth-order valence-corrected chi connectivity index (χ4v) is 2.44. The number of methoxy groups -OCH3 is 1. The maximum Gasteiger partial charge on any atom is 0.307 e. The van der Waals surface area contributed by atoms with Gasteiger partial charge in [-0.2, -0.15) is 10.2 Å². The molecule has 0 aliphatic heterocycles. The number of aromatic nitrogens is 3. The topological polar surface area (TPSA) is 125 Å². The Morgan fingerprint density at radius 2 is 2.25 bits per heavy atom. The summed E-state index contributed by atoms with van der Waals surface area (Å²) in [5, 5.41) is 18.7. The van der Waals surface area contributed by atoms with Crippen LogP contribution in [0.25, 0.3) is 0 Å². The zero-order valence-electron chi connectivity index (χ0n) is 14.8. The Labute approximate surface area is 159 Å². The van der Waals surface area contributed by atoms with Gasteiger partial charge < -0.3 is 4.74 Å². The van der Waals surface area contributed by atoms with Crippen molar-refractivity contribution < 1.29 is 14.5 Å². The molecule has 142 valence electrons. The largest absolute Gasteiger partial charge is 0.496 e. The predicted octanol–water partition coefficient (Wildman–Crippen LogP) is 2.01. The van der Waals surface area contributed by atoms with Gasteiger partial charge >= 0.3 is 5.69 Å². The van der Waals surface area contributed by atoms with Gasteiger partial charge in [0.15, 0.2) is 0 Å². The standard InChI is InChI=1S/C18H16N6O4/c1-28-17-5-4-13(8-20-22-18(25)14-3-2-6-19-9-14)7-15(17)11-23-12-16(10-21-23)24(26)27/h2-10,12H,11H2,1H3,(H,22,25)/b20-8+. The van der Waals surface area contributed by atoms with Crippen LogP contribution >= 0.6 is 0 Å². The molecule has 3 aromatic rings. The lowest BCUT2D eigenvalue weighted by Crippen LogP contribution is -2.17. The summed E-state index contributed by atoms with van der Waals surface area (Å²) in [5.74, 6) is 0.233. The van der Waals surface area contributed by atoms with E-state index in [9.17, 15) is 14.9 Å². The van der Waals surface area contributed by atoms with Crippen molar-refractivity contribution in [2.24, 2.45) is 5.10 Å². The summed E-state index contributed by atoms with van der Waals surface area (Å²) in [6.07, 6.45) is 7.04. The summed E-state index contributed by atoms with van der Waals surface area (Å²) in [6.45, 7) is 0.279. The Kier molecular flexibility index (Phi) is 5.70. The molecule has 0 atom stereocenters. The van der Waals surface area contributed by atoms with E-state index in [-0.39, 0.29) is 18.1 Å². The smallest absolute Gasteiger partial charge is 0.307 e. The average Bonchev–Trinajstić information content (AvgIpc) is 3.18. The number of carbonyl (C=O) groups is 1. The molecule has 0 aliphatic rings. The number of nitrogens with one attached hydrogen (secondary N) is 1. The van der Waals surface area contributed by atoms with Gasteiger partial charge in [0.2, 0.25) is 0 Å². The van der Waals surface area contributed by atoms with E-state index in [0.29, 0.717) is 16.9 Å². The van der Waals surface area contributed by atoms with Crippen LogP contribution in [0, 0.1) is 10.1 Å². The molecule has 1 N–H and O–H groups in total. The maximum absolute atomic E-state index is 11.9. The summed E-state index contributed by atoms with van der Waals surface area (Å²) in [7, 11) is 1.53. The van der Waals surface area contributed by atoms with Crippen molar-refractivity contribution in [2.45, 2.75) is 6.54 Å². The normalized spacial score (nSPS) is 10.8. The van der Waals surface area contributed by atoms with Crippen molar-refractivity contribution >= 4 is 17.8 Å². The maximum atomic E-state index is 11.9. The number of amides is 1. The number of carbonyl (C=O) groups excluding carboxylic acids is 1. The Morgan fingerprint density at radius 3 is 2.93 bits per heavy atom. The summed E-state index contributed by atoms with van der Waals surface area (Å²) in [5.41, 5.74) is 4.20. The molecule has 10 heteroatoms. The molecule has 0 spiro atoms. The molecule has 10 nitrogen and oxygen atoms in total. The van der Waals surface area contributed by atoms with Crippen LogP contribution in [-0.2, 0) is 6.54 Å². The van der Waals surface area contributed by atoms with Crippen LogP contribution in [0.15, 0.2) is 60.2 Å². The Balaban J connectivity index is 1.72. The predicted molar refractivity (Wildman–Crippen MR) is 100 cm³/mol. The Bertz CT molecular complexity index is 1020. The lowest BCUT2D eigenvalue weighted by molar-refractivity contribution is -0.385. The molecular weight excluding hydrogens is 364 g/mol. The Morgan fingerprint density at radius 1 is 1.39 bits per heavy atom. The van der Waals surface area contributed by atoms with Crippen LogP contribution in [0.2, 0.25) is 0 Å². The number of pyridine rings is 1. The van der Waals surface area contributed by atoms with Crippen LogP contribution in [0.3, 0.4) is 0 Å². The molecule has 2 aromatic heterocycles. The molecule has 0 aliphatic carbocycles. The first kappa shape index (κ1) is 18.7. The summed E-state index contributed by atoms with van der Waals surface area (Å²) in [4.78, 5) is 26.1. The fourth-order valence-electron chi connectivity index (χ4n) is 2.44. The van der Waals surface area contributed by atoms with Gasteiger partial charge in [0, 0.05) is 18.0 Å². The molecule has 0 bridgehead atoms. The number of rotatable bonds is 7. The SMILES string of the molecule is COc1ccc(/C=N/NC(=O)c2cccnc2)cc1Cn1cc([N+](=O)[O-])cn1. The molecule has 0 saturated carbocycles. The summed E-state index contributed by atoms with van der Waals surface area (Å²) in [6, 6.07) is 8.61. The van der Waals surface area contributed by atoms with E-state index in [1.54, 1.807) is 36.5 Å². The highest BCUT2D eigenvalue weighted by molar-refractivity contribution is 5.94. The number of ether oxygens (including phenoxy) is 1. The minimum atomic E-state index is -0.505. The van der Waals surface area contributed by atoms with E-state index in [1.165, 1.54) is 36.6 Å². The fraction of sp³-hybridized carbons (Fsp3) is 0.111. The van der Waals surface area contributed by atoms with E-state index in [2.05, 4.69) is 20.6 Å². The first-order valence-corrected chi connectivity index (χ1v) is 8.14. The first-order valence-electron chi connectivity index (χ1n) is 8.14. The van der Waals surface area contributed by atoms with Gasteiger partial charge in [-0.3, -0.25) is 24.6 Å². The van der Waals surface area contributed by atoms with Crippen molar-refractivity contribution in [3.05, 3.63) is 81.9 Å². The third-order valence-corrected chi connectivity index (χ3v) is 3.77. The number of nitro groups is 1. The summed E-state index contributed by atoms with van der Waals surface area (Å²) >= 11 is 0. The van der Waals surface area contributed by atoms with Gasteiger partial charge in [0.05, 0.1) is 30.4 Å². The zero-order chi connectivity index (χ0) is 19.9. The minimum Gasteiger partial charge on any atom is -0.496 e. The van der Waals surface area contributed by atoms with E-state index in [4.69, 9.17) is 4.74 Å². The second-order valence-corrected chi connectivity index (χ2v) is 5.67.